The van der Waals surface area contributed by atoms with Gasteiger partial charge in [0.15, 0.2) is 0 Å². The molecule has 104 valence electrons. The maximum absolute atomic E-state index is 12.2. The van der Waals surface area contributed by atoms with Crippen LogP contribution in [0, 0.1) is 5.92 Å². The highest BCUT2D eigenvalue weighted by atomic mass is 79.9. The van der Waals surface area contributed by atoms with Crippen LogP contribution < -0.4 is 5.32 Å². The van der Waals surface area contributed by atoms with Gasteiger partial charge in [0.1, 0.15) is 10.9 Å². The maximum Gasteiger partial charge on any atom is 0.328 e. The topological polar surface area (TPSA) is 55.4 Å². The Morgan fingerprint density at radius 1 is 1.32 bits per heavy atom. The third-order valence-electron chi connectivity index (χ3n) is 2.80. The molecule has 0 spiro atoms. The van der Waals surface area contributed by atoms with Crippen LogP contribution in [-0.2, 0) is 9.53 Å². The van der Waals surface area contributed by atoms with Crippen molar-refractivity contribution in [3.05, 3.63) is 17.6 Å². The van der Waals surface area contributed by atoms with E-state index in [1.807, 2.05) is 0 Å². The van der Waals surface area contributed by atoms with Gasteiger partial charge >= 0.3 is 5.97 Å². The Kier molecular flexibility index (Phi) is 5.08. The Bertz CT molecular complexity index is 528. The second kappa shape index (κ2) is 6.24. The van der Waals surface area contributed by atoms with Crippen molar-refractivity contribution in [2.75, 3.05) is 7.11 Å². The van der Waals surface area contributed by atoms with Crippen molar-refractivity contribution in [1.29, 1.82) is 0 Å². The molecule has 4 nitrogen and oxygen atoms in total. The lowest BCUT2D eigenvalue weighted by Crippen LogP contribution is -2.42. The summed E-state index contributed by atoms with van der Waals surface area (Å²) < 4.78 is 7.03. The molecule has 1 unspecified atom stereocenters. The lowest BCUT2D eigenvalue weighted by molar-refractivity contribution is -0.143. The lowest BCUT2D eigenvalue weighted by atomic mass is 10.2. The van der Waals surface area contributed by atoms with Crippen LogP contribution in [-0.4, -0.2) is 25.0 Å². The number of amides is 1. The lowest BCUT2D eigenvalue weighted by Gasteiger charge is -2.15. The summed E-state index contributed by atoms with van der Waals surface area (Å²) in [5, 5.41) is 2.75. The molecule has 1 atom stereocenters. The molecule has 19 heavy (non-hydrogen) atoms. The molecule has 0 saturated heterocycles. The average Bonchev–Trinajstić information content (AvgIpc) is 3.19. The van der Waals surface area contributed by atoms with E-state index in [0.29, 0.717) is 9.35 Å². The predicted octanol–water partition coefficient (Wildman–Crippen LogP) is 3.72. The Balaban J connectivity index is 2.15. The molecule has 1 aliphatic rings. The van der Waals surface area contributed by atoms with Crippen LogP contribution in [0.15, 0.2) is 12.7 Å². The average molecular weight is 476 g/mol. The summed E-state index contributed by atoms with van der Waals surface area (Å²) in [7, 11) is 1.33. The largest absolute Gasteiger partial charge is 0.467 e. The monoisotopic (exact) mass is 473 g/mol. The van der Waals surface area contributed by atoms with E-state index in [1.54, 1.807) is 0 Å². The Hall–Kier alpha value is 0.0800. The molecule has 0 radical (unpaired) electrons. The SMILES string of the molecule is COC(=O)C(NC(=O)c1sc(Br)c(Br)c1Br)C1CC1. The number of hydrogen-bond acceptors (Lipinski definition) is 4. The van der Waals surface area contributed by atoms with Crippen LogP contribution in [0.25, 0.3) is 0 Å². The summed E-state index contributed by atoms with van der Waals surface area (Å²) in [6.45, 7) is 0. The minimum absolute atomic E-state index is 0.196. The van der Waals surface area contributed by atoms with Gasteiger partial charge in [-0.25, -0.2) is 4.79 Å². The summed E-state index contributed by atoms with van der Waals surface area (Å²) in [6.07, 6.45) is 1.89. The van der Waals surface area contributed by atoms with E-state index in [4.69, 9.17) is 4.74 Å². The van der Waals surface area contributed by atoms with Crippen molar-refractivity contribution in [2.45, 2.75) is 18.9 Å². The molecular formula is C11H10Br3NO3S. The zero-order chi connectivity index (χ0) is 14.2. The number of ether oxygens (including phenoxy) is 1. The molecular weight excluding hydrogens is 466 g/mol. The van der Waals surface area contributed by atoms with Gasteiger partial charge in [0.2, 0.25) is 0 Å². The third-order valence-corrected chi connectivity index (χ3v) is 7.83. The Labute approximate surface area is 139 Å². The summed E-state index contributed by atoms with van der Waals surface area (Å²) in [6, 6.07) is -0.552. The first kappa shape index (κ1) is 15.5. The van der Waals surface area contributed by atoms with Crippen molar-refractivity contribution in [3.63, 3.8) is 0 Å². The van der Waals surface area contributed by atoms with Gasteiger partial charge < -0.3 is 10.1 Å². The molecule has 0 aliphatic heterocycles. The number of hydrogen-bond donors (Lipinski definition) is 1. The van der Waals surface area contributed by atoms with Gasteiger partial charge in [-0.3, -0.25) is 4.79 Å². The second-order valence-electron chi connectivity index (χ2n) is 4.14. The molecule has 0 bridgehead atoms. The van der Waals surface area contributed by atoms with Gasteiger partial charge in [-0.1, -0.05) is 0 Å². The number of nitrogens with one attached hydrogen (secondary N) is 1. The summed E-state index contributed by atoms with van der Waals surface area (Å²) in [5.41, 5.74) is 0. The normalized spacial score (nSPS) is 16.0. The van der Waals surface area contributed by atoms with E-state index >= 15 is 0 Å². The smallest absolute Gasteiger partial charge is 0.328 e. The van der Waals surface area contributed by atoms with Gasteiger partial charge in [-0.15, -0.1) is 11.3 Å². The van der Waals surface area contributed by atoms with Crippen LogP contribution in [0.3, 0.4) is 0 Å². The first-order valence-electron chi connectivity index (χ1n) is 5.47. The van der Waals surface area contributed by atoms with Crippen LogP contribution in [0.2, 0.25) is 0 Å². The fourth-order valence-corrected chi connectivity index (χ4v) is 4.63. The summed E-state index contributed by atoms with van der Waals surface area (Å²) in [4.78, 5) is 24.4. The standard InChI is InChI=1S/C11H10Br3NO3S/c1-18-11(17)7(4-2-3-4)15-10(16)8-5(12)6(13)9(14)19-8/h4,7H,2-3H2,1H3,(H,15,16). The van der Waals surface area contributed by atoms with Crippen molar-refractivity contribution < 1.29 is 14.3 Å². The summed E-state index contributed by atoms with van der Waals surface area (Å²) in [5.74, 6) is -0.464. The number of carbonyl (C=O) groups excluding carboxylic acids is 2. The molecule has 1 aliphatic carbocycles. The van der Waals surface area contributed by atoms with Crippen molar-refractivity contribution >= 4 is 71.0 Å². The van der Waals surface area contributed by atoms with Crippen LogP contribution >= 0.6 is 59.1 Å². The highest BCUT2D eigenvalue weighted by molar-refractivity contribution is 9.14. The zero-order valence-corrected chi connectivity index (χ0v) is 15.4. The second-order valence-corrected chi connectivity index (χ2v) is 8.07. The van der Waals surface area contributed by atoms with E-state index in [1.165, 1.54) is 18.4 Å². The molecule has 1 N–H and O–H groups in total. The van der Waals surface area contributed by atoms with Crippen molar-refractivity contribution in [2.24, 2.45) is 5.92 Å². The van der Waals surface area contributed by atoms with Crippen LogP contribution in [0.1, 0.15) is 22.5 Å². The Morgan fingerprint density at radius 2 is 1.95 bits per heavy atom. The zero-order valence-electron chi connectivity index (χ0n) is 9.84. The molecule has 8 heteroatoms. The highest BCUT2D eigenvalue weighted by Gasteiger charge is 2.38. The number of rotatable bonds is 4. The van der Waals surface area contributed by atoms with E-state index in [0.717, 1.165) is 21.1 Å². The van der Waals surface area contributed by atoms with E-state index in [-0.39, 0.29) is 17.8 Å². The van der Waals surface area contributed by atoms with E-state index in [9.17, 15) is 9.59 Å². The first-order chi connectivity index (χ1) is 8.95. The first-order valence-corrected chi connectivity index (χ1v) is 8.67. The molecule has 1 aromatic heterocycles. The van der Waals surface area contributed by atoms with E-state index in [2.05, 4.69) is 53.1 Å². The van der Waals surface area contributed by atoms with Gasteiger partial charge in [0.05, 0.1) is 19.8 Å². The maximum atomic E-state index is 12.2. The number of methoxy groups -OCH3 is 1. The number of thiophene rings is 1. The Morgan fingerprint density at radius 3 is 2.37 bits per heavy atom. The van der Waals surface area contributed by atoms with Crippen molar-refractivity contribution in [1.82, 2.24) is 5.32 Å². The van der Waals surface area contributed by atoms with Crippen LogP contribution in [0.4, 0.5) is 0 Å². The third kappa shape index (κ3) is 3.40. The minimum atomic E-state index is -0.552. The number of halogens is 3. The van der Waals surface area contributed by atoms with Gasteiger partial charge in [-0.2, -0.15) is 0 Å². The quantitative estimate of drug-likeness (QED) is 0.675. The molecule has 1 saturated carbocycles. The fraction of sp³-hybridized carbons (Fsp3) is 0.455. The number of esters is 1. The fourth-order valence-electron chi connectivity index (χ4n) is 1.64. The molecule has 2 rings (SSSR count). The van der Waals surface area contributed by atoms with Crippen LogP contribution in [0.5, 0.6) is 0 Å². The molecule has 1 fully saturated rings. The van der Waals surface area contributed by atoms with Gasteiger partial charge in [-0.05, 0) is 66.5 Å². The summed E-state index contributed by atoms with van der Waals surface area (Å²) >= 11 is 11.4. The molecule has 0 aromatic carbocycles. The highest BCUT2D eigenvalue weighted by Crippen LogP contribution is 2.41. The van der Waals surface area contributed by atoms with E-state index < -0.39 is 6.04 Å². The van der Waals surface area contributed by atoms with Gasteiger partial charge in [0, 0.05) is 0 Å². The molecule has 1 amide bonds. The molecule has 1 heterocycles. The molecule has 1 aromatic rings. The minimum Gasteiger partial charge on any atom is -0.467 e. The predicted molar refractivity (Wildman–Crippen MR) is 83.4 cm³/mol. The van der Waals surface area contributed by atoms with Gasteiger partial charge in [0.25, 0.3) is 5.91 Å². The number of carbonyl (C=O) groups is 2. The van der Waals surface area contributed by atoms with Crippen molar-refractivity contribution in [3.8, 4) is 0 Å².